The largest absolute Gasteiger partial charge is 0.486 e. The Kier molecular flexibility index (Phi) is 4.66. The van der Waals surface area contributed by atoms with Crippen LogP contribution < -0.4 is 18.5 Å². The van der Waals surface area contributed by atoms with Gasteiger partial charge in [0.2, 0.25) is 15.9 Å². The molecule has 0 aliphatic carbocycles. The molecule has 29 heavy (non-hydrogen) atoms. The van der Waals surface area contributed by atoms with Gasteiger partial charge in [0, 0.05) is 6.07 Å². The summed E-state index contributed by atoms with van der Waals surface area (Å²) >= 11 is 0. The minimum absolute atomic E-state index is 0.0757. The molecule has 1 fully saturated rings. The molecular weight excluding hydrogens is 420 g/mol. The molecule has 2 aliphatic heterocycles. The lowest BCUT2D eigenvalue weighted by atomic mass is 10.2. The van der Waals surface area contributed by atoms with Gasteiger partial charge in [0.15, 0.2) is 11.5 Å². The third-order valence-corrected chi connectivity index (χ3v) is 7.80. The molecule has 1 N–H and O–H groups in total. The number of nitrogens with zero attached hydrogens (tertiary/aromatic N) is 1. The SMILES string of the molecule is CC1CS(=O)(=O)N(c2ccc(S(=O)(=O)Nc3ccc4c(c3)OCCO4)cc2)C1=O. The van der Waals surface area contributed by atoms with Crippen molar-refractivity contribution in [2.75, 3.05) is 28.0 Å². The Hall–Kier alpha value is -2.79. The van der Waals surface area contributed by atoms with Gasteiger partial charge in [0.05, 0.1) is 27.9 Å². The van der Waals surface area contributed by atoms with Gasteiger partial charge in [-0.3, -0.25) is 9.52 Å². The Morgan fingerprint density at radius 2 is 1.69 bits per heavy atom. The zero-order chi connectivity index (χ0) is 20.8. The Morgan fingerprint density at radius 1 is 1.03 bits per heavy atom. The minimum Gasteiger partial charge on any atom is -0.486 e. The molecule has 0 bridgehead atoms. The van der Waals surface area contributed by atoms with Crippen molar-refractivity contribution < 1.29 is 31.1 Å². The number of hydrogen-bond acceptors (Lipinski definition) is 7. The fourth-order valence-corrected chi connectivity index (χ4v) is 6.04. The fraction of sp³-hybridized carbons (Fsp3) is 0.278. The molecular formula is C18H18N2O7S2. The first-order valence-electron chi connectivity index (χ1n) is 8.77. The highest BCUT2D eigenvalue weighted by molar-refractivity contribution is 7.94. The van der Waals surface area contributed by atoms with Crippen LogP contribution >= 0.6 is 0 Å². The molecule has 2 aromatic rings. The van der Waals surface area contributed by atoms with Gasteiger partial charge in [0.1, 0.15) is 13.2 Å². The van der Waals surface area contributed by atoms with Gasteiger partial charge in [-0.05, 0) is 36.4 Å². The number of rotatable bonds is 4. The second kappa shape index (κ2) is 6.92. The summed E-state index contributed by atoms with van der Waals surface area (Å²) in [5.74, 6) is -0.458. The molecule has 1 unspecified atom stereocenters. The zero-order valence-electron chi connectivity index (χ0n) is 15.4. The number of anilines is 2. The fourth-order valence-electron chi connectivity index (χ4n) is 3.17. The van der Waals surface area contributed by atoms with Crippen LogP contribution in [-0.2, 0) is 24.8 Å². The molecule has 11 heteroatoms. The number of hydrogen-bond donors (Lipinski definition) is 1. The van der Waals surface area contributed by atoms with Crippen LogP contribution in [0.5, 0.6) is 11.5 Å². The lowest BCUT2D eigenvalue weighted by Crippen LogP contribution is -2.30. The normalized spacial score (nSPS) is 20.5. The number of benzene rings is 2. The van der Waals surface area contributed by atoms with Crippen LogP contribution in [0.3, 0.4) is 0 Å². The van der Waals surface area contributed by atoms with E-state index in [1.165, 1.54) is 37.3 Å². The molecule has 9 nitrogen and oxygen atoms in total. The molecule has 0 radical (unpaired) electrons. The lowest BCUT2D eigenvalue weighted by Gasteiger charge is -2.19. The predicted octanol–water partition coefficient (Wildman–Crippen LogP) is 1.57. The van der Waals surface area contributed by atoms with Crippen molar-refractivity contribution in [3.8, 4) is 11.5 Å². The maximum absolute atomic E-state index is 12.7. The maximum Gasteiger partial charge on any atom is 0.261 e. The topological polar surface area (TPSA) is 119 Å². The first-order chi connectivity index (χ1) is 13.7. The summed E-state index contributed by atoms with van der Waals surface area (Å²) in [7, 11) is -7.68. The van der Waals surface area contributed by atoms with Gasteiger partial charge < -0.3 is 9.47 Å². The standard InChI is InChI=1S/C18H18N2O7S2/c1-12-11-28(22,23)20(18(12)21)14-3-5-15(6-4-14)29(24,25)19-13-2-7-16-17(10-13)27-9-8-26-16/h2-7,10,12,19H,8-9,11H2,1H3. The van der Waals surface area contributed by atoms with Crippen LogP contribution in [0.1, 0.15) is 6.92 Å². The molecule has 2 heterocycles. The van der Waals surface area contributed by atoms with Crippen LogP contribution in [0.2, 0.25) is 0 Å². The van der Waals surface area contributed by atoms with E-state index in [0.29, 0.717) is 30.4 Å². The van der Waals surface area contributed by atoms with Gasteiger partial charge in [0.25, 0.3) is 10.0 Å². The second-order valence-electron chi connectivity index (χ2n) is 6.74. The number of carbonyl (C=O) groups excluding carboxylic acids is 1. The van der Waals surface area contributed by atoms with Crippen LogP contribution in [-0.4, -0.2) is 41.7 Å². The summed E-state index contributed by atoms with van der Waals surface area (Å²) in [4.78, 5) is 12.1. The van der Waals surface area contributed by atoms with E-state index < -0.39 is 31.9 Å². The Morgan fingerprint density at radius 3 is 2.31 bits per heavy atom. The monoisotopic (exact) mass is 438 g/mol. The molecule has 154 valence electrons. The summed E-state index contributed by atoms with van der Waals surface area (Å²) in [6, 6.07) is 9.79. The second-order valence-corrected chi connectivity index (χ2v) is 10.3. The summed E-state index contributed by atoms with van der Waals surface area (Å²) < 4.78 is 63.7. The van der Waals surface area contributed by atoms with Crippen molar-refractivity contribution in [3.05, 3.63) is 42.5 Å². The molecule has 4 rings (SSSR count). The zero-order valence-corrected chi connectivity index (χ0v) is 17.0. The predicted molar refractivity (Wildman–Crippen MR) is 105 cm³/mol. The lowest BCUT2D eigenvalue weighted by molar-refractivity contribution is -0.119. The van der Waals surface area contributed by atoms with Crippen LogP contribution in [0.25, 0.3) is 0 Å². The first-order valence-corrected chi connectivity index (χ1v) is 11.9. The highest BCUT2D eigenvalue weighted by Gasteiger charge is 2.42. The molecule has 1 atom stereocenters. The summed E-state index contributed by atoms with van der Waals surface area (Å²) in [6.45, 7) is 2.34. The molecule has 0 saturated carbocycles. The summed E-state index contributed by atoms with van der Waals surface area (Å²) in [5, 5.41) is 0. The van der Waals surface area contributed by atoms with Crippen molar-refractivity contribution in [1.82, 2.24) is 0 Å². The average molecular weight is 438 g/mol. The summed E-state index contributed by atoms with van der Waals surface area (Å²) in [5.41, 5.74) is 0.405. The van der Waals surface area contributed by atoms with Crippen LogP contribution in [0, 0.1) is 5.92 Å². The third-order valence-electron chi connectivity index (χ3n) is 4.54. The van der Waals surface area contributed by atoms with Crippen molar-refractivity contribution in [2.45, 2.75) is 11.8 Å². The van der Waals surface area contributed by atoms with E-state index in [1.807, 2.05) is 0 Å². The highest BCUT2D eigenvalue weighted by Crippen LogP contribution is 2.34. The van der Waals surface area contributed by atoms with E-state index in [1.54, 1.807) is 12.1 Å². The Bertz CT molecular complexity index is 1180. The Labute approximate surface area is 168 Å². The maximum atomic E-state index is 12.7. The number of nitrogens with one attached hydrogen (secondary N) is 1. The van der Waals surface area contributed by atoms with Crippen LogP contribution in [0.4, 0.5) is 11.4 Å². The molecule has 1 amide bonds. The van der Waals surface area contributed by atoms with Gasteiger partial charge >= 0.3 is 0 Å². The van der Waals surface area contributed by atoms with Gasteiger partial charge in [-0.2, -0.15) is 0 Å². The van der Waals surface area contributed by atoms with E-state index >= 15 is 0 Å². The quantitative estimate of drug-likeness (QED) is 0.769. The van der Waals surface area contributed by atoms with E-state index in [4.69, 9.17) is 9.47 Å². The van der Waals surface area contributed by atoms with Crippen molar-refractivity contribution in [3.63, 3.8) is 0 Å². The molecule has 0 aromatic heterocycles. The molecule has 2 aromatic carbocycles. The minimum atomic E-state index is -3.93. The molecule has 1 saturated heterocycles. The number of fused-ring (bicyclic) bond motifs is 1. The smallest absolute Gasteiger partial charge is 0.261 e. The number of carbonyl (C=O) groups is 1. The van der Waals surface area contributed by atoms with E-state index in [9.17, 15) is 21.6 Å². The Balaban J connectivity index is 1.58. The first kappa shape index (κ1) is 19.5. The average Bonchev–Trinajstić information content (AvgIpc) is 2.88. The van der Waals surface area contributed by atoms with E-state index in [2.05, 4.69) is 4.72 Å². The third kappa shape index (κ3) is 3.62. The van der Waals surface area contributed by atoms with Crippen molar-refractivity contribution >= 4 is 37.3 Å². The van der Waals surface area contributed by atoms with Crippen molar-refractivity contribution in [1.29, 1.82) is 0 Å². The molecule has 2 aliphatic rings. The highest BCUT2D eigenvalue weighted by atomic mass is 32.2. The van der Waals surface area contributed by atoms with Gasteiger partial charge in [-0.1, -0.05) is 6.92 Å². The van der Waals surface area contributed by atoms with Gasteiger partial charge in [-0.25, -0.2) is 21.1 Å². The van der Waals surface area contributed by atoms with E-state index in [0.717, 1.165) is 4.31 Å². The molecule has 0 spiro atoms. The van der Waals surface area contributed by atoms with Gasteiger partial charge in [-0.15, -0.1) is 0 Å². The number of sulfonamides is 2. The summed E-state index contributed by atoms with van der Waals surface area (Å²) in [6.07, 6.45) is 0. The number of amides is 1. The number of ether oxygens (including phenoxy) is 2. The van der Waals surface area contributed by atoms with Crippen molar-refractivity contribution in [2.24, 2.45) is 5.92 Å². The van der Waals surface area contributed by atoms with Crippen LogP contribution in [0.15, 0.2) is 47.4 Å². The van der Waals surface area contributed by atoms with E-state index in [-0.39, 0.29) is 16.3 Å².